The van der Waals surface area contributed by atoms with Gasteiger partial charge >= 0.3 is 0 Å². The second-order valence-electron chi connectivity index (χ2n) is 4.13. The molecule has 1 aromatic carbocycles. The second-order valence-corrected chi connectivity index (χ2v) is 6.73. The van der Waals surface area contributed by atoms with Gasteiger partial charge in [-0.05, 0) is 44.4 Å². The standard InChI is InChI=1S/C10H10BrFN6O4S/c1-23(20,21)18-14-10-8(16-22-17-10)9(15-19)13-5-2-3-7(12)6(11)4-5/h2-4,18-19H,1H3,(H,13,15)(H,14,17). The number of hydrogen-bond donors (Lipinski definition) is 4. The Morgan fingerprint density at radius 3 is 2.78 bits per heavy atom. The summed E-state index contributed by atoms with van der Waals surface area (Å²) in [5, 5.41) is 16.1. The largest absolute Gasteiger partial charge is 0.290 e. The van der Waals surface area contributed by atoms with Crippen LogP contribution in [0.25, 0.3) is 0 Å². The topological polar surface area (TPSA) is 142 Å². The number of nitrogens with zero attached hydrogens (tertiary/aromatic N) is 3. The van der Waals surface area contributed by atoms with Crippen LogP contribution in [0.2, 0.25) is 0 Å². The van der Waals surface area contributed by atoms with Gasteiger partial charge in [0.2, 0.25) is 15.8 Å². The van der Waals surface area contributed by atoms with Crippen LogP contribution < -0.4 is 15.7 Å². The van der Waals surface area contributed by atoms with Gasteiger partial charge < -0.3 is 0 Å². The third-order valence-corrected chi connectivity index (χ3v) is 3.40. The van der Waals surface area contributed by atoms with E-state index in [0.29, 0.717) is 0 Å². The molecule has 0 saturated carbocycles. The first-order chi connectivity index (χ1) is 10.8. The lowest BCUT2D eigenvalue weighted by molar-refractivity contribution is 0.234. The fourth-order valence-corrected chi connectivity index (χ4v) is 2.03. The molecule has 2 rings (SSSR count). The Kier molecular flexibility index (Phi) is 5.25. The number of nitrogens with one attached hydrogen (secondary N) is 3. The van der Waals surface area contributed by atoms with E-state index in [2.05, 4.69) is 41.3 Å². The van der Waals surface area contributed by atoms with Crippen molar-refractivity contribution in [1.82, 2.24) is 20.6 Å². The molecule has 0 amide bonds. The number of sulfonamides is 1. The van der Waals surface area contributed by atoms with E-state index in [0.717, 1.165) is 6.26 Å². The van der Waals surface area contributed by atoms with E-state index in [9.17, 15) is 18.0 Å². The molecule has 23 heavy (non-hydrogen) atoms. The first-order valence-corrected chi connectivity index (χ1v) is 8.48. The molecule has 10 nitrogen and oxygen atoms in total. The molecule has 0 unspecified atom stereocenters. The third-order valence-electron chi connectivity index (χ3n) is 2.32. The van der Waals surface area contributed by atoms with Gasteiger partial charge in [0.25, 0.3) is 0 Å². The quantitative estimate of drug-likeness (QED) is 0.324. The van der Waals surface area contributed by atoms with Crippen LogP contribution in [0.4, 0.5) is 15.9 Å². The zero-order valence-electron chi connectivity index (χ0n) is 11.4. The fourth-order valence-electron chi connectivity index (χ4n) is 1.38. The minimum atomic E-state index is -3.56. The van der Waals surface area contributed by atoms with Crippen molar-refractivity contribution in [3.63, 3.8) is 0 Å². The average molecular weight is 409 g/mol. The molecular formula is C10H10BrFN6O4S. The predicted octanol–water partition coefficient (Wildman–Crippen LogP) is 0.904. The number of hydrogen-bond acceptors (Lipinski definition) is 8. The van der Waals surface area contributed by atoms with Gasteiger partial charge in [0, 0.05) is 0 Å². The number of anilines is 1. The summed E-state index contributed by atoms with van der Waals surface area (Å²) in [6.45, 7) is 0. The lowest BCUT2D eigenvalue weighted by Crippen LogP contribution is -2.30. The van der Waals surface area contributed by atoms with Gasteiger partial charge in [-0.15, -0.1) is 4.83 Å². The van der Waals surface area contributed by atoms with Crippen molar-refractivity contribution in [2.24, 2.45) is 4.99 Å². The number of aliphatic imine (C=N–C) groups is 1. The Morgan fingerprint density at radius 1 is 1.43 bits per heavy atom. The number of aromatic nitrogens is 2. The molecule has 1 aromatic heterocycles. The van der Waals surface area contributed by atoms with Crippen LogP contribution in [0.5, 0.6) is 0 Å². The van der Waals surface area contributed by atoms with E-state index in [1.54, 1.807) is 5.48 Å². The molecule has 0 bridgehead atoms. The summed E-state index contributed by atoms with van der Waals surface area (Å²) in [6.07, 6.45) is 0.919. The maximum absolute atomic E-state index is 13.2. The monoisotopic (exact) mass is 408 g/mol. The van der Waals surface area contributed by atoms with Crippen molar-refractivity contribution in [2.45, 2.75) is 0 Å². The highest BCUT2D eigenvalue weighted by molar-refractivity contribution is 9.10. The molecule has 0 aliphatic rings. The van der Waals surface area contributed by atoms with Gasteiger partial charge in [-0.25, -0.2) is 22.4 Å². The van der Waals surface area contributed by atoms with Crippen LogP contribution in [0, 0.1) is 5.82 Å². The minimum absolute atomic E-state index is 0.107. The second kappa shape index (κ2) is 6.99. The first kappa shape index (κ1) is 17.3. The van der Waals surface area contributed by atoms with E-state index in [1.165, 1.54) is 18.2 Å². The van der Waals surface area contributed by atoms with Crippen LogP contribution in [-0.4, -0.2) is 36.0 Å². The van der Waals surface area contributed by atoms with Crippen LogP contribution in [-0.2, 0) is 10.0 Å². The summed E-state index contributed by atoms with van der Waals surface area (Å²) in [6, 6.07) is 3.89. The van der Waals surface area contributed by atoms with Crippen LogP contribution in [0.1, 0.15) is 5.69 Å². The van der Waals surface area contributed by atoms with Crippen molar-refractivity contribution in [3.8, 4) is 0 Å². The highest BCUT2D eigenvalue weighted by atomic mass is 79.9. The predicted molar refractivity (Wildman–Crippen MR) is 81.1 cm³/mol. The molecule has 13 heteroatoms. The molecule has 4 N–H and O–H groups in total. The van der Waals surface area contributed by atoms with Crippen LogP contribution in [0.3, 0.4) is 0 Å². The molecule has 1 heterocycles. The van der Waals surface area contributed by atoms with E-state index >= 15 is 0 Å². The van der Waals surface area contributed by atoms with Crippen LogP contribution in [0.15, 0.2) is 32.3 Å². The molecule has 124 valence electrons. The number of halogens is 2. The smallest absolute Gasteiger partial charge is 0.225 e. The normalized spacial score (nSPS) is 12.3. The molecule has 0 fully saturated rings. The van der Waals surface area contributed by atoms with Gasteiger partial charge in [0.05, 0.1) is 16.4 Å². The van der Waals surface area contributed by atoms with Gasteiger partial charge in [0.1, 0.15) is 5.82 Å². The molecule has 0 spiro atoms. The van der Waals surface area contributed by atoms with Crippen molar-refractivity contribution in [1.29, 1.82) is 0 Å². The molecule has 0 radical (unpaired) electrons. The zero-order valence-corrected chi connectivity index (χ0v) is 13.8. The number of rotatable bonds is 5. The summed E-state index contributed by atoms with van der Waals surface area (Å²) in [7, 11) is -3.56. The molecule has 0 atom stereocenters. The number of hydrazine groups is 1. The molecular weight excluding hydrogens is 399 g/mol. The minimum Gasteiger partial charge on any atom is -0.290 e. The number of benzene rings is 1. The molecule has 0 aliphatic carbocycles. The zero-order chi connectivity index (χ0) is 17.0. The van der Waals surface area contributed by atoms with E-state index < -0.39 is 15.8 Å². The van der Waals surface area contributed by atoms with Gasteiger partial charge in [-0.1, -0.05) is 0 Å². The van der Waals surface area contributed by atoms with Crippen molar-refractivity contribution < 1.29 is 22.6 Å². The summed E-state index contributed by atoms with van der Waals surface area (Å²) < 4.78 is 39.9. The highest BCUT2D eigenvalue weighted by Gasteiger charge is 2.17. The SMILES string of the molecule is CS(=O)(=O)NNc1nonc1C(=Nc1ccc(F)c(Br)c1)NO. The third kappa shape index (κ3) is 4.69. The number of hydroxylamine groups is 1. The van der Waals surface area contributed by atoms with Crippen molar-refractivity contribution >= 4 is 43.3 Å². The van der Waals surface area contributed by atoms with Crippen LogP contribution >= 0.6 is 15.9 Å². The van der Waals surface area contributed by atoms with E-state index in [1.807, 2.05) is 4.83 Å². The molecule has 0 aliphatic heterocycles. The van der Waals surface area contributed by atoms with Gasteiger partial charge in [0.15, 0.2) is 11.5 Å². The van der Waals surface area contributed by atoms with Gasteiger partial charge in [-0.2, -0.15) is 0 Å². The lowest BCUT2D eigenvalue weighted by atomic mass is 10.3. The van der Waals surface area contributed by atoms with E-state index in [-0.39, 0.29) is 27.5 Å². The average Bonchev–Trinajstić information content (AvgIpc) is 2.94. The highest BCUT2D eigenvalue weighted by Crippen LogP contribution is 2.23. The Hall–Kier alpha value is -2.09. The summed E-state index contributed by atoms with van der Waals surface area (Å²) in [4.78, 5) is 5.97. The van der Waals surface area contributed by atoms with Crippen molar-refractivity contribution in [2.75, 3.05) is 11.7 Å². The number of amidine groups is 1. The summed E-state index contributed by atoms with van der Waals surface area (Å²) in [5.41, 5.74) is 4.20. The Balaban J connectivity index is 2.32. The Labute approximate surface area is 137 Å². The first-order valence-electron chi connectivity index (χ1n) is 5.79. The Bertz CT molecular complexity index is 840. The summed E-state index contributed by atoms with van der Waals surface area (Å²) >= 11 is 3.01. The Morgan fingerprint density at radius 2 is 2.17 bits per heavy atom. The molecule has 2 aromatic rings. The maximum atomic E-state index is 13.2. The fraction of sp³-hybridized carbons (Fsp3) is 0.100. The van der Waals surface area contributed by atoms with E-state index in [4.69, 9.17) is 0 Å². The van der Waals surface area contributed by atoms with Gasteiger partial charge in [-0.3, -0.25) is 16.1 Å². The lowest BCUT2D eigenvalue weighted by Gasteiger charge is -2.05. The summed E-state index contributed by atoms with van der Waals surface area (Å²) in [5.74, 6) is -0.829. The van der Waals surface area contributed by atoms with Crippen molar-refractivity contribution in [3.05, 3.63) is 34.2 Å². The molecule has 0 saturated heterocycles. The maximum Gasteiger partial charge on any atom is 0.225 e.